The van der Waals surface area contributed by atoms with Crippen molar-refractivity contribution in [2.24, 2.45) is 11.3 Å². The van der Waals surface area contributed by atoms with E-state index in [4.69, 9.17) is 15.0 Å². The van der Waals surface area contributed by atoms with Gasteiger partial charge in [0.2, 0.25) is 0 Å². The number of rotatable bonds is 5. The van der Waals surface area contributed by atoms with E-state index in [9.17, 15) is 4.39 Å². The van der Waals surface area contributed by atoms with Gasteiger partial charge in [0.05, 0.1) is 6.10 Å². The van der Waals surface area contributed by atoms with E-state index >= 15 is 0 Å². The number of hydrogen-bond donors (Lipinski definition) is 2. The van der Waals surface area contributed by atoms with Crippen LogP contribution in [0.1, 0.15) is 39.5 Å². The summed E-state index contributed by atoms with van der Waals surface area (Å²) in [4.78, 5) is 0. The molecule has 3 N–H and O–H groups in total. The molecule has 2 rings (SSSR count). The minimum atomic E-state index is -0.305. The highest BCUT2D eigenvalue weighted by molar-refractivity contribution is 5.78. The number of hydrazine groups is 1. The van der Waals surface area contributed by atoms with E-state index in [1.807, 2.05) is 6.92 Å². The average Bonchev–Trinajstić information content (AvgIpc) is 2.80. The third-order valence-corrected chi connectivity index (χ3v) is 3.49. The fourth-order valence-electron chi connectivity index (χ4n) is 2.53. The summed E-state index contributed by atoms with van der Waals surface area (Å²) >= 11 is 0. The van der Waals surface area contributed by atoms with Crippen LogP contribution >= 0.6 is 0 Å². The van der Waals surface area contributed by atoms with E-state index in [2.05, 4.69) is 26.2 Å². The second-order valence-electron chi connectivity index (χ2n) is 6.22. The van der Waals surface area contributed by atoms with E-state index in [1.54, 1.807) is 12.1 Å². The Kier molecular flexibility index (Phi) is 4.66. The number of fused-ring (bicyclic) bond motifs is 1. The van der Waals surface area contributed by atoms with E-state index < -0.39 is 0 Å². The molecule has 0 amide bonds. The van der Waals surface area contributed by atoms with Crippen LogP contribution in [-0.2, 0) is 4.74 Å². The highest BCUT2D eigenvalue weighted by Crippen LogP contribution is 2.34. The SMILES string of the molecule is CCOC(C(NN)c1cc2cc(F)ccc2o1)C(C)(C)C. The average molecular weight is 294 g/mol. The monoisotopic (exact) mass is 294 g/mol. The van der Waals surface area contributed by atoms with E-state index in [0.717, 1.165) is 5.39 Å². The molecule has 0 fully saturated rings. The van der Waals surface area contributed by atoms with Gasteiger partial charge in [0.25, 0.3) is 0 Å². The first kappa shape index (κ1) is 15.9. The van der Waals surface area contributed by atoms with Gasteiger partial charge in [0.15, 0.2) is 0 Å². The van der Waals surface area contributed by atoms with Crippen LogP contribution in [-0.4, -0.2) is 12.7 Å². The lowest BCUT2D eigenvalue weighted by atomic mass is 9.83. The zero-order valence-corrected chi connectivity index (χ0v) is 12.9. The lowest BCUT2D eigenvalue weighted by Gasteiger charge is -2.35. The van der Waals surface area contributed by atoms with Crippen molar-refractivity contribution in [1.29, 1.82) is 0 Å². The van der Waals surface area contributed by atoms with Crippen molar-refractivity contribution < 1.29 is 13.5 Å². The maximum Gasteiger partial charge on any atom is 0.134 e. The molecule has 0 saturated carbocycles. The number of furan rings is 1. The van der Waals surface area contributed by atoms with Crippen molar-refractivity contribution in [2.75, 3.05) is 6.61 Å². The van der Waals surface area contributed by atoms with Gasteiger partial charge in [-0.3, -0.25) is 5.84 Å². The lowest BCUT2D eigenvalue weighted by Crippen LogP contribution is -2.44. The zero-order valence-electron chi connectivity index (χ0n) is 12.9. The number of halogens is 1. The van der Waals surface area contributed by atoms with Gasteiger partial charge in [0, 0.05) is 12.0 Å². The molecule has 2 atom stereocenters. The Morgan fingerprint density at radius 3 is 2.62 bits per heavy atom. The molecule has 0 aliphatic heterocycles. The molecule has 1 aromatic heterocycles. The minimum absolute atomic E-state index is 0.128. The predicted octanol–water partition coefficient (Wildman–Crippen LogP) is 3.53. The fourth-order valence-corrected chi connectivity index (χ4v) is 2.53. The van der Waals surface area contributed by atoms with Crippen LogP contribution in [0.3, 0.4) is 0 Å². The number of nitrogens with one attached hydrogen (secondary N) is 1. The van der Waals surface area contributed by atoms with Crippen LogP contribution in [0.15, 0.2) is 28.7 Å². The van der Waals surface area contributed by atoms with E-state index in [1.165, 1.54) is 12.1 Å². The molecule has 1 heterocycles. The van der Waals surface area contributed by atoms with Crippen molar-refractivity contribution in [3.05, 3.63) is 35.8 Å². The third kappa shape index (κ3) is 3.43. The van der Waals surface area contributed by atoms with Crippen LogP contribution in [0.2, 0.25) is 0 Å². The molecule has 116 valence electrons. The number of nitrogens with two attached hydrogens (primary N) is 1. The molecule has 0 aliphatic rings. The Labute approximate surface area is 124 Å². The third-order valence-electron chi connectivity index (χ3n) is 3.49. The summed E-state index contributed by atoms with van der Waals surface area (Å²) in [6.07, 6.45) is -0.169. The quantitative estimate of drug-likeness (QED) is 0.654. The van der Waals surface area contributed by atoms with Gasteiger partial charge in [-0.2, -0.15) is 0 Å². The summed E-state index contributed by atoms with van der Waals surface area (Å²) in [6.45, 7) is 8.77. The molecule has 21 heavy (non-hydrogen) atoms. The van der Waals surface area contributed by atoms with Crippen molar-refractivity contribution in [2.45, 2.75) is 39.8 Å². The molecule has 0 bridgehead atoms. The molecule has 1 aromatic carbocycles. The standard InChI is InChI=1S/C16H23FN2O2/c1-5-20-15(16(2,3)4)14(19-18)13-9-10-8-11(17)6-7-12(10)21-13/h6-9,14-15,19H,5,18H2,1-4H3. The molecule has 5 heteroatoms. The predicted molar refractivity (Wildman–Crippen MR) is 81.1 cm³/mol. The molecule has 4 nitrogen and oxygen atoms in total. The first-order chi connectivity index (χ1) is 9.86. The van der Waals surface area contributed by atoms with Crippen molar-refractivity contribution in [3.63, 3.8) is 0 Å². The van der Waals surface area contributed by atoms with Crippen LogP contribution in [0, 0.1) is 11.2 Å². The summed E-state index contributed by atoms with van der Waals surface area (Å²) < 4.78 is 25.0. The van der Waals surface area contributed by atoms with Gasteiger partial charge in [-0.05, 0) is 36.6 Å². The fraction of sp³-hybridized carbons (Fsp3) is 0.500. The van der Waals surface area contributed by atoms with E-state index in [0.29, 0.717) is 18.0 Å². The smallest absolute Gasteiger partial charge is 0.134 e. The summed E-state index contributed by atoms with van der Waals surface area (Å²) in [7, 11) is 0. The Morgan fingerprint density at radius 1 is 1.33 bits per heavy atom. The number of benzene rings is 1. The molecule has 0 saturated heterocycles. The largest absolute Gasteiger partial charge is 0.459 e. The molecular formula is C16H23FN2O2. The molecule has 2 unspecified atom stereocenters. The summed E-state index contributed by atoms with van der Waals surface area (Å²) in [5.74, 6) is 6.08. The summed E-state index contributed by atoms with van der Waals surface area (Å²) in [5.41, 5.74) is 3.28. The molecule has 0 spiro atoms. The van der Waals surface area contributed by atoms with Crippen molar-refractivity contribution in [1.82, 2.24) is 5.43 Å². The van der Waals surface area contributed by atoms with Crippen molar-refractivity contribution in [3.8, 4) is 0 Å². The van der Waals surface area contributed by atoms with Crippen molar-refractivity contribution >= 4 is 11.0 Å². The van der Waals surface area contributed by atoms with Gasteiger partial charge in [0.1, 0.15) is 23.2 Å². The Balaban J connectivity index is 2.41. The highest BCUT2D eigenvalue weighted by atomic mass is 19.1. The van der Waals surface area contributed by atoms with Gasteiger partial charge in [-0.25, -0.2) is 9.82 Å². The summed E-state index contributed by atoms with van der Waals surface area (Å²) in [6, 6.07) is 5.95. The molecule has 0 radical (unpaired) electrons. The van der Waals surface area contributed by atoms with Gasteiger partial charge in [-0.15, -0.1) is 0 Å². The minimum Gasteiger partial charge on any atom is -0.459 e. The lowest BCUT2D eigenvalue weighted by molar-refractivity contribution is -0.0406. The van der Waals surface area contributed by atoms with Gasteiger partial charge < -0.3 is 9.15 Å². The molecule has 0 aliphatic carbocycles. The van der Waals surface area contributed by atoms with Gasteiger partial charge >= 0.3 is 0 Å². The topological polar surface area (TPSA) is 60.4 Å². The molecular weight excluding hydrogens is 271 g/mol. The van der Waals surface area contributed by atoms with E-state index in [-0.39, 0.29) is 23.4 Å². The Bertz CT molecular complexity index is 604. The Morgan fingerprint density at radius 2 is 2.05 bits per heavy atom. The maximum absolute atomic E-state index is 13.3. The van der Waals surface area contributed by atoms with Crippen LogP contribution in [0.25, 0.3) is 11.0 Å². The Hall–Kier alpha value is -1.43. The first-order valence-electron chi connectivity index (χ1n) is 7.13. The second-order valence-corrected chi connectivity index (χ2v) is 6.22. The summed E-state index contributed by atoms with van der Waals surface area (Å²) in [5, 5.41) is 0.717. The van der Waals surface area contributed by atoms with Crippen LogP contribution in [0.5, 0.6) is 0 Å². The first-order valence-corrected chi connectivity index (χ1v) is 7.13. The maximum atomic E-state index is 13.3. The zero-order chi connectivity index (χ0) is 15.6. The van der Waals surface area contributed by atoms with Crippen LogP contribution in [0.4, 0.5) is 4.39 Å². The molecule has 2 aromatic rings. The highest BCUT2D eigenvalue weighted by Gasteiger charge is 2.35. The van der Waals surface area contributed by atoms with Gasteiger partial charge in [-0.1, -0.05) is 20.8 Å². The normalized spacial score (nSPS) is 15.3. The van der Waals surface area contributed by atoms with Crippen LogP contribution < -0.4 is 11.3 Å². The number of hydrogen-bond acceptors (Lipinski definition) is 4. The second kappa shape index (κ2) is 6.13. The number of ether oxygens (including phenoxy) is 1.